The van der Waals surface area contributed by atoms with Crippen LogP contribution in [0.4, 0.5) is 0 Å². The first-order valence-electron chi connectivity index (χ1n) is 4.89. The van der Waals surface area contributed by atoms with Gasteiger partial charge in [-0.25, -0.2) is 0 Å². The fraction of sp³-hybridized carbons (Fsp3) is 0.600. The van der Waals surface area contributed by atoms with Crippen LogP contribution in [0.2, 0.25) is 0 Å². The third-order valence-electron chi connectivity index (χ3n) is 2.24. The van der Waals surface area contributed by atoms with Gasteiger partial charge in [0.05, 0.1) is 0 Å². The van der Waals surface area contributed by atoms with Gasteiger partial charge in [-0.3, -0.25) is 9.89 Å². The lowest BCUT2D eigenvalue weighted by Gasteiger charge is -2.23. The smallest absolute Gasteiger partial charge is 0.269 e. The average Bonchev–Trinajstić information content (AvgIpc) is 2.67. The molecule has 84 valence electrons. The van der Waals surface area contributed by atoms with Crippen LogP contribution in [0.5, 0.6) is 0 Å². The van der Waals surface area contributed by atoms with E-state index in [4.69, 9.17) is 11.6 Å². The second-order valence-electron chi connectivity index (χ2n) is 4.26. The average molecular weight is 230 g/mol. The lowest BCUT2D eigenvalue weighted by atomic mass is 9.90. The Bertz CT molecular complexity index is 308. The minimum absolute atomic E-state index is 0.0252. The molecule has 0 saturated heterocycles. The van der Waals surface area contributed by atoms with E-state index in [1.54, 1.807) is 12.3 Å². The molecule has 1 amide bonds. The number of amides is 1. The first-order chi connectivity index (χ1) is 7.05. The minimum atomic E-state index is -0.129. The number of nitrogens with zero attached hydrogens (tertiary/aromatic N) is 1. The van der Waals surface area contributed by atoms with Gasteiger partial charge in [-0.15, -0.1) is 11.6 Å². The summed E-state index contributed by atoms with van der Waals surface area (Å²) in [6, 6.07) is 1.64. The summed E-state index contributed by atoms with van der Waals surface area (Å²) in [7, 11) is 0. The van der Waals surface area contributed by atoms with E-state index in [1.165, 1.54) is 0 Å². The van der Waals surface area contributed by atoms with Crippen molar-refractivity contribution in [3.05, 3.63) is 18.0 Å². The number of nitrogens with one attached hydrogen (secondary N) is 2. The molecule has 15 heavy (non-hydrogen) atoms. The number of rotatable bonds is 5. The molecule has 0 aromatic carbocycles. The van der Waals surface area contributed by atoms with Gasteiger partial charge in [0.1, 0.15) is 5.69 Å². The van der Waals surface area contributed by atoms with Crippen LogP contribution in [0, 0.1) is 5.41 Å². The van der Waals surface area contributed by atoms with Crippen LogP contribution in [0.25, 0.3) is 0 Å². The standard InChI is InChI=1S/C10H16ClN3O/c1-10(2,4-5-11)7-12-9(15)8-3-6-13-14-8/h3,6H,4-5,7H2,1-2H3,(H,12,15)(H,13,14). The molecule has 0 unspecified atom stereocenters. The first-order valence-corrected chi connectivity index (χ1v) is 5.42. The second-order valence-corrected chi connectivity index (χ2v) is 4.63. The van der Waals surface area contributed by atoms with Crippen molar-refractivity contribution in [2.45, 2.75) is 20.3 Å². The van der Waals surface area contributed by atoms with Crippen LogP contribution in [0.3, 0.4) is 0 Å². The van der Waals surface area contributed by atoms with Gasteiger partial charge in [0.2, 0.25) is 0 Å². The van der Waals surface area contributed by atoms with E-state index < -0.39 is 0 Å². The Morgan fingerprint density at radius 2 is 2.40 bits per heavy atom. The molecule has 0 aliphatic rings. The Labute approximate surface area is 94.4 Å². The summed E-state index contributed by atoms with van der Waals surface area (Å²) >= 11 is 5.67. The number of carbonyl (C=O) groups is 1. The van der Waals surface area contributed by atoms with Crippen LogP contribution in [-0.4, -0.2) is 28.5 Å². The van der Waals surface area contributed by atoms with E-state index in [0.717, 1.165) is 6.42 Å². The van der Waals surface area contributed by atoms with Crippen LogP contribution in [0.1, 0.15) is 30.8 Å². The number of alkyl halides is 1. The maximum absolute atomic E-state index is 11.5. The maximum atomic E-state index is 11.5. The minimum Gasteiger partial charge on any atom is -0.350 e. The third kappa shape index (κ3) is 3.91. The second kappa shape index (κ2) is 5.16. The van der Waals surface area contributed by atoms with Crippen molar-refractivity contribution in [2.75, 3.05) is 12.4 Å². The first kappa shape index (κ1) is 12.0. The normalized spacial score (nSPS) is 11.4. The zero-order chi connectivity index (χ0) is 11.3. The van der Waals surface area contributed by atoms with Gasteiger partial charge in [-0.1, -0.05) is 13.8 Å². The maximum Gasteiger partial charge on any atom is 0.269 e. The molecule has 0 aliphatic heterocycles. The molecular weight excluding hydrogens is 214 g/mol. The predicted octanol–water partition coefficient (Wildman–Crippen LogP) is 1.79. The molecule has 5 heteroatoms. The monoisotopic (exact) mass is 229 g/mol. The lowest BCUT2D eigenvalue weighted by Crippen LogP contribution is -2.34. The third-order valence-corrected chi connectivity index (χ3v) is 2.43. The number of carbonyl (C=O) groups excluding carboxylic acids is 1. The number of hydrogen-bond acceptors (Lipinski definition) is 2. The summed E-state index contributed by atoms with van der Waals surface area (Å²) in [4.78, 5) is 11.5. The van der Waals surface area contributed by atoms with Crippen molar-refractivity contribution in [3.8, 4) is 0 Å². The molecule has 1 heterocycles. The fourth-order valence-corrected chi connectivity index (χ4v) is 1.65. The zero-order valence-corrected chi connectivity index (χ0v) is 9.77. The molecule has 0 radical (unpaired) electrons. The number of aromatic amines is 1. The van der Waals surface area contributed by atoms with Crippen molar-refractivity contribution in [1.29, 1.82) is 0 Å². The number of H-pyrrole nitrogens is 1. The van der Waals surface area contributed by atoms with Crippen molar-refractivity contribution in [2.24, 2.45) is 5.41 Å². The van der Waals surface area contributed by atoms with E-state index >= 15 is 0 Å². The lowest BCUT2D eigenvalue weighted by molar-refractivity contribution is 0.0931. The summed E-state index contributed by atoms with van der Waals surface area (Å²) in [5, 5.41) is 9.18. The summed E-state index contributed by atoms with van der Waals surface area (Å²) in [6.07, 6.45) is 2.43. The number of hydrogen-bond donors (Lipinski definition) is 2. The molecule has 0 atom stereocenters. The summed E-state index contributed by atoms with van der Waals surface area (Å²) in [5.74, 6) is 0.475. The highest BCUT2D eigenvalue weighted by Crippen LogP contribution is 2.19. The number of aromatic nitrogens is 2. The Balaban J connectivity index is 2.40. The van der Waals surface area contributed by atoms with E-state index in [2.05, 4.69) is 29.4 Å². The van der Waals surface area contributed by atoms with E-state index in [0.29, 0.717) is 18.1 Å². The highest BCUT2D eigenvalue weighted by Gasteiger charge is 2.18. The Morgan fingerprint density at radius 3 is 2.93 bits per heavy atom. The van der Waals surface area contributed by atoms with Crippen LogP contribution in [-0.2, 0) is 0 Å². The largest absolute Gasteiger partial charge is 0.350 e. The fourth-order valence-electron chi connectivity index (χ4n) is 1.14. The Kier molecular flexibility index (Phi) is 4.15. The van der Waals surface area contributed by atoms with Crippen LogP contribution < -0.4 is 5.32 Å². The highest BCUT2D eigenvalue weighted by molar-refractivity contribution is 6.17. The van der Waals surface area contributed by atoms with Gasteiger partial charge in [0, 0.05) is 18.6 Å². The highest BCUT2D eigenvalue weighted by atomic mass is 35.5. The molecule has 1 rings (SSSR count). The van der Waals surface area contributed by atoms with Gasteiger partial charge in [0.25, 0.3) is 5.91 Å². The zero-order valence-electron chi connectivity index (χ0n) is 9.01. The van der Waals surface area contributed by atoms with Crippen LogP contribution in [0.15, 0.2) is 12.3 Å². The summed E-state index contributed by atoms with van der Waals surface area (Å²) < 4.78 is 0. The van der Waals surface area contributed by atoms with E-state index in [-0.39, 0.29) is 11.3 Å². The molecule has 2 N–H and O–H groups in total. The molecule has 0 saturated carbocycles. The molecule has 4 nitrogen and oxygen atoms in total. The molecule has 0 spiro atoms. The van der Waals surface area contributed by atoms with Gasteiger partial charge in [-0.2, -0.15) is 5.10 Å². The van der Waals surface area contributed by atoms with Gasteiger partial charge < -0.3 is 5.32 Å². The SMILES string of the molecule is CC(C)(CCCl)CNC(=O)c1ccn[nH]1. The van der Waals surface area contributed by atoms with Crippen molar-refractivity contribution < 1.29 is 4.79 Å². The molecule has 1 aromatic heterocycles. The molecule has 0 aliphatic carbocycles. The van der Waals surface area contributed by atoms with E-state index in [9.17, 15) is 4.79 Å². The predicted molar refractivity (Wildman–Crippen MR) is 60.0 cm³/mol. The van der Waals surface area contributed by atoms with Crippen molar-refractivity contribution in [3.63, 3.8) is 0 Å². The van der Waals surface area contributed by atoms with Crippen molar-refractivity contribution in [1.82, 2.24) is 15.5 Å². The van der Waals surface area contributed by atoms with Crippen LogP contribution >= 0.6 is 11.6 Å². The Morgan fingerprint density at radius 1 is 1.67 bits per heavy atom. The van der Waals surface area contributed by atoms with Gasteiger partial charge >= 0.3 is 0 Å². The quantitative estimate of drug-likeness (QED) is 0.757. The molecule has 0 fully saturated rings. The number of halogens is 1. The molecule has 1 aromatic rings. The van der Waals surface area contributed by atoms with Gasteiger partial charge in [0.15, 0.2) is 0 Å². The molecular formula is C10H16ClN3O. The topological polar surface area (TPSA) is 57.8 Å². The van der Waals surface area contributed by atoms with Gasteiger partial charge in [-0.05, 0) is 17.9 Å². The van der Waals surface area contributed by atoms with Crippen molar-refractivity contribution >= 4 is 17.5 Å². The van der Waals surface area contributed by atoms with E-state index in [1.807, 2.05) is 0 Å². The summed E-state index contributed by atoms with van der Waals surface area (Å²) in [5.41, 5.74) is 0.508. The summed E-state index contributed by atoms with van der Waals surface area (Å²) in [6.45, 7) is 4.75. The Hall–Kier alpha value is -1.03. The molecule has 0 bridgehead atoms.